The van der Waals surface area contributed by atoms with E-state index in [9.17, 15) is 24.9 Å². The lowest BCUT2D eigenvalue weighted by Gasteiger charge is -2.12. The first-order chi connectivity index (χ1) is 18.0. The molecule has 4 rings (SSSR count). The van der Waals surface area contributed by atoms with Gasteiger partial charge in [-0.1, -0.05) is 88.3 Å². The van der Waals surface area contributed by atoms with E-state index in [4.69, 9.17) is 58.0 Å². The lowest BCUT2D eigenvalue weighted by molar-refractivity contribution is 0.101. The Morgan fingerprint density at radius 1 is 0.632 bits per heavy atom. The molecule has 0 aliphatic carbocycles. The minimum atomic E-state index is -0.847. The first-order valence-electron chi connectivity index (χ1n) is 10.5. The Morgan fingerprint density at radius 2 is 1.24 bits per heavy atom. The van der Waals surface area contributed by atoms with Crippen LogP contribution in [0, 0.1) is 0 Å². The van der Waals surface area contributed by atoms with E-state index in [-0.39, 0.29) is 59.3 Å². The molecule has 0 radical (unpaired) electrons. The molecule has 0 spiro atoms. The highest BCUT2D eigenvalue weighted by Crippen LogP contribution is 2.40. The van der Waals surface area contributed by atoms with Crippen LogP contribution in [-0.4, -0.2) is 27.1 Å². The van der Waals surface area contributed by atoms with Crippen LogP contribution in [0.25, 0.3) is 0 Å². The van der Waals surface area contributed by atoms with Gasteiger partial charge in [0.1, 0.15) is 17.1 Å². The fraction of sp³-hybridized carbons (Fsp3) is 0. The summed E-state index contributed by atoms with van der Waals surface area (Å²) in [5, 5.41) is 34.0. The predicted octanol–water partition coefficient (Wildman–Crippen LogP) is 8.26. The van der Waals surface area contributed by atoms with Gasteiger partial charge in [0.15, 0.2) is 5.75 Å². The molecule has 0 fully saturated rings. The molecule has 196 valence electrons. The van der Waals surface area contributed by atoms with Crippen molar-refractivity contribution >= 4 is 81.2 Å². The van der Waals surface area contributed by atoms with Gasteiger partial charge in [-0.2, -0.15) is 0 Å². The second-order valence-corrected chi connectivity index (χ2v) is 9.49. The maximum absolute atomic E-state index is 12.3. The molecule has 0 heterocycles. The molecule has 0 atom stereocenters. The Bertz CT molecular complexity index is 1470. The molecule has 0 saturated carbocycles. The molecule has 38 heavy (non-hydrogen) atoms. The molecule has 0 bridgehead atoms. The average molecular weight is 615 g/mol. The standard InChI is InChI=1S/C13H6Cl5NO3.C13H11NO2/c14-4-1-6(16)11(20)8(2-4)19-13(22)9-10(18)5(15)3-7(17)12(9)21;15-12-9-5-4-8-11(12)13(16)14-10-6-2-1-3-7-10/h1-3,20-21H,(H,19,22);1-9,15H,(H,14,16). The zero-order valence-electron chi connectivity index (χ0n) is 19.0. The van der Waals surface area contributed by atoms with Crippen molar-refractivity contribution in [3.8, 4) is 17.2 Å². The van der Waals surface area contributed by atoms with Gasteiger partial charge < -0.3 is 26.0 Å². The number of phenols is 3. The maximum Gasteiger partial charge on any atom is 0.261 e. The quantitative estimate of drug-likeness (QED) is 0.117. The van der Waals surface area contributed by atoms with Crippen LogP contribution < -0.4 is 10.6 Å². The number of benzene rings is 4. The van der Waals surface area contributed by atoms with Crippen molar-refractivity contribution in [2.24, 2.45) is 0 Å². The van der Waals surface area contributed by atoms with Gasteiger partial charge in [-0.3, -0.25) is 9.59 Å². The van der Waals surface area contributed by atoms with Crippen LogP contribution in [0.5, 0.6) is 17.2 Å². The number of anilines is 2. The molecule has 4 aromatic carbocycles. The fourth-order valence-electron chi connectivity index (χ4n) is 3.02. The maximum atomic E-state index is 12.3. The summed E-state index contributed by atoms with van der Waals surface area (Å²) in [4.78, 5) is 24.0. The number of nitrogens with one attached hydrogen (secondary N) is 2. The van der Waals surface area contributed by atoms with E-state index in [1.165, 1.54) is 24.3 Å². The Balaban J connectivity index is 0.000000221. The molecule has 0 aliphatic rings. The summed E-state index contributed by atoms with van der Waals surface area (Å²) in [6.07, 6.45) is 0. The normalized spacial score (nSPS) is 10.2. The van der Waals surface area contributed by atoms with Crippen LogP contribution in [0.1, 0.15) is 20.7 Å². The Labute approximate surface area is 242 Å². The summed E-state index contributed by atoms with van der Waals surface area (Å²) in [6.45, 7) is 0. The molecule has 12 heteroatoms. The van der Waals surface area contributed by atoms with Gasteiger partial charge in [0.05, 0.1) is 31.3 Å². The third-order valence-corrected chi connectivity index (χ3v) is 6.41. The van der Waals surface area contributed by atoms with Gasteiger partial charge in [-0.05, 0) is 42.5 Å². The number of para-hydroxylation sites is 2. The Hall–Kier alpha value is -3.33. The van der Waals surface area contributed by atoms with Crippen LogP contribution in [0.3, 0.4) is 0 Å². The third kappa shape index (κ3) is 7.16. The molecule has 4 aromatic rings. The summed E-state index contributed by atoms with van der Waals surface area (Å²) < 4.78 is 0. The van der Waals surface area contributed by atoms with Crippen molar-refractivity contribution < 1.29 is 24.9 Å². The highest BCUT2D eigenvalue weighted by Gasteiger charge is 2.22. The Kier molecular flexibility index (Phi) is 9.96. The van der Waals surface area contributed by atoms with E-state index < -0.39 is 11.7 Å². The van der Waals surface area contributed by atoms with E-state index in [2.05, 4.69) is 10.6 Å². The van der Waals surface area contributed by atoms with Gasteiger partial charge in [-0.25, -0.2) is 0 Å². The van der Waals surface area contributed by atoms with Crippen molar-refractivity contribution in [3.63, 3.8) is 0 Å². The van der Waals surface area contributed by atoms with E-state index >= 15 is 0 Å². The number of halogens is 5. The molecule has 5 N–H and O–H groups in total. The molecule has 0 unspecified atom stereocenters. The lowest BCUT2D eigenvalue weighted by atomic mass is 10.1. The highest BCUT2D eigenvalue weighted by atomic mass is 35.5. The number of carbonyl (C=O) groups is 2. The lowest BCUT2D eigenvalue weighted by Crippen LogP contribution is -2.13. The summed E-state index contributed by atoms with van der Waals surface area (Å²) >= 11 is 29.0. The van der Waals surface area contributed by atoms with Gasteiger partial charge in [0, 0.05) is 10.7 Å². The highest BCUT2D eigenvalue weighted by molar-refractivity contribution is 6.46. The van der Waals surface area contributed by atoms with Gasteiger partial charge in [0.2, 0.25) is 0 Å². The molecule has 0 aliphatic heterocycles. The summed E-state index contributed by atoms with van der Waals surface area (Å²) in [5.41, 5.74) is 0.575. The number of carbonyl (C=O) groups excluding carboxylic acids is 2. The van der Waals surface area contributed by atoms with Crippen molar-refractivity contribution in [1.29, 1.82) is 0 Å². The van der Waals surface area contributed by atoms with Crippen molar-refractivity contribution in [3.05, 3.63) is 109 Å². The number of hydrogen-bond donors (Lipinski definition) is 5. The van der Waals surface area contributed by atoms with Crippen LogP contribution in [-0.2, 0) is 0 Å². The molecule has 2 amide bonds. The minimum absolute atomic E-state index is 0.0111. The summed E-state index contributed by atoms with van der Waals surface area (Å²) in [5.74, 6) is -2.11. The van der Waals surface area contributed by atoms with Crippen molar-refractivity contribution in [1.82, 2.24) is 0 Å². The van der Waals surface area contributed by atoms with Gasteiger partial charge in [-0.15, -0.1) is 0 Å². The average Bonchev–Trinajstić information content (AvgIpc) is 2.87. The van der Waals surface area contributed by atoms with Crippen LogP contribution >= 0.6 is 58.0 Å². The van der Waals surface area contributed by atoms with Crippen LogP contribution in [0.4, 0.5) is 11.4 Å². The molecule has 0 aromatic heterocycles. The van der Waals surface area contributed by atoms with Gasteiger partial charge >= 0.3 is 0 Å². The molecular formula is C26H17Cl5N2O5. The molecule has 0 saturated heterocycles. The number of aromatic hydroxyl groups is 3. The Morgan fingerprint density at radius 3 is 1.89 bits per heavy atom. The van der Waals surface area contributed by atoms with E-state index in [0.29, 0.717) is 5.69 Å². The monoisotopic (exact) mass is 612 g/mol. The number of rotatable bonds is 4. The summed E-state index contributed by atoms with van der Waals surface area (Å²) in [6, 6.07) is 19.3. The van der Waals surface area contributed by atoms with Gasteiger partial charge in [0.25, 0.3) is 11.8 Å². The first kappa shape index (κ1) is 29.2. The van der Waals surface area contributed by atoms with E-state index in [1.54, 1.807) is 30.3 Å². The first-order valence-corrected chi connectivity index (χ1v) is 12.4. The van der Waals surface area contributed by atoms with Crippen LogP contribution in [0.2, 0.25) is 25.1 Å². The SMILES string of the molecule is O=C(Nc1cc(Cl)cc(Cl)c1O)c1c(O)c(Cl)cc(Cl)c1Cl.O=C(Nc1ccccc1)c1ccccc1O. The van der Waals surface area contributed by atoms with Crippen molar-refractivity contribution in [2.75, 3.05) is 10.6 Å². The zero-order chi connectivity index (χ0) is 28.0. The van der Waals surface area contributed by atoms with E-state index in [1.807, 2.05) is 18.2 Å². The number of hydrogen-bond acceptors (Lipinski definition) is 5. The summed E-state index contributed by atoms with van der Waals surface area (Å²) in [7, 11) is 0. The third-order valence-electron chi connectivity index (χ3n) is 4.83. The fourth-order valence-corrected chi connectivity index (χ4v) is 4.21. The van der Waals surface area contributed by atoms with E-state index in [0.717, 1.165) is 0 Å². The second-order valence-electron chi connectivity index (χ2n) is 7.45. The second kappa shape index (κ2) is 13.0. The van der Waals surface area contributed by atoms with Crippen LogP contribution in [0.15, 0.2) is 72.8 Å². The molecule has 7 nitrogen and oxygen atoms in total. The van der Waals surface area contributed by atoms with Crippen molar-refractivity contribution in [2.45, 2.75) is 0 Å². The molecular weight excluding hydrogens is 598 g/mol. The number of phenolic OH excluding ortho intramolecular Hbond substituents is 3. The number of amides is 2. The predicted molar refractivity (Wildman–Crippen MR) is 152 cm³/mol. The topological polar surface area (TPSA) is 119 Å². The smallest absolute Gasteiger partial charge is 0.261 e. The largest absolute Gasteiger partial charge is 0.507 e. The zero-order valence-corrected chi connectivity index (χ0v) is 22.8. The minimum Gasteiger partial charge on any atom is -0.507 e.